The van der Waals surface area contributed by atoms with Gasteiger partial charge in [0.05, 0.1) is 21.3 Å². The molecule has 0 radical (unpaired) electrons. The van der Waals surface area contributed by atoms with Crippen LogP contribution in [0.1, 0.15) is 16.2 Å². The number of hydrogen-bond donors (Lipinski definition) is 2. The van der Waals surface area contributed by atoms with Crippen molar-refractivity contribution in [2.45, 2.75) is 11.8 Å². The molecule has 0 aliphatic rings. The van der Waals surface area contributed by atoms with Crippen LogP contribution in [0.2, 0.25) is 5.02 Å². The van der Waals surface area contributed by atoms with Crippen LogP contribution in [-0.2, 0) is 10.0 Å². The zero-order valence-electron chi connectivity index (χ0n) is 17.0. The smallest absolute Gasteiger partial charge is 0.276 e. The number of nitrogens with zero attached hydrogens (tertiary/aromatic N) is 2. The lowest BCUT2D eigenvalue weighted by atomic mass is 10.3. The van der Waals surface area contributed by atoms with Gasteiger partial charge in [-0.15, -0.1) is 0 Å². The number of carbonyl (C=O) groups is 1. The summed E-state index contributed by atoms with van der Waals surface area (Å²) in [6, 6.07) is 23.6. The first-order valence-electron chi connectivity index (χ1n) is 9.64. The average molecular weight is 467 g/mol. The Morgan fingerprint density at radius 2 is 1.66 bits per heavy atom. The van der Waals surface area contributed by atoms with Gasteiger partial charge in [-0.25, -0.2) is 13.1 Å². The quantitative estimate of drug-likeness (QED) is 0.423. The predicted molar refractivity (Wildman–Crippen MR) is 125 cm³/mol. The minimum absolute atomic E-state index is 0.0128. The van der Waals surface area contributed by atoms with Crippen molar-refractivity contribution >= 4 is 38.9 Å². The molecule has 1 aromatic heterocycles. The maximum absolute atomic E-state index is 12.8. The van der Waals surface area contributed by atoms with Gasteiger partial charge >= 0.3 is 0 Å². The Labute approximate surface area is 190 Å². The summed E-state index contributed by atoms with van der Waals surface area (Å²) in [7, 11) is -3.90. The van der Waals surface area contributed by atoms with Gasteiger partial charge < -0.3 is 5.32 Å². The van der Waals surface area contributed by atoms with Crippen LogP contribution in [0.3, 0.4) is 0 Å². The monoisotopic (exact) mass is 466 g/mol. The van der Waals surface area contributed by atoms with Gasteiger partial charge in [0.1, 0.15) is 0 Å². The molecule has 3 aromatic carbocycles. The molecule has 0 saturated carbocycles. The number of anilines is 2. The highest BCUT2D eigenvalue weighted by molar-refractivity contribution is 7.92. The molecule has 32 heavy (non-hydrogen) atoms. The Morgan fingerprint density at radius 3 is 2.41 bits per heavy atom. The molecule has 4 rings (SSSR count). The molecule has 0 aliphatic carbocycles. The van der Waals surface area contributed by atoms with Crippen LogP contribution in [0.5, 0.6) is 0 Å². The number of hydrogen-bond acceptors (Lipinski definition) is 4. The molecule has 1 heterocycles. The molecule has 0 saturated heterocycles. The Bertz CT molecular complexity index is 1390. The maximum atomic E-state index is 12.8. The minimum Gasteiger partial charge on any atom is -0.321 e. The molecule has 1 amide bonds. The number of aryl methyl sites for hydroxylation is 1. The van der Waals surface area contributed by atoms with Crippen molar-refractivity contribution in [2.75, 3.05) is 10.0 Å². The lowest BCUT2D eigenvalue weighted by Crippen LogP contribution is -2.15. The summed E-state index contributed by atoms with van der Waals surface area (Å²) in [4.78, 5) is 12.7. The normalized spacial score (nSPS) is 11.2. The lowest BCUT2D eigenvalue weighted by Gasteiger charge is -2.11. The number of halogens is 1. The first-order valence-corrected chi connectivity index (χ1v) is 11.5. The highest BCUT2D eigenvalue weighted by Crippen LogP contribution is 2.25. The Hall–Kier alpha value is -3.62. The first-order chi connectivity index (χ1) is 15.3. The van der Waals surface area contributed by atoms with Gasteiger partial charge in [0.2, 0.25) is 0 Å². The third-order valence-corrected chi connectivity index (χ3v) is 6.33. The second kappa shape index (κ2) is 8.86. The number of sulfonamides is 1. The summed E-state index contributed by atoms with van der Waals surface area (Å²) in [5, 5.41) is 7.36. The second-order valence-electron chi connectivity index (χ2n) is 6.99. The number of rotatable bonds is 6. The first kappa shape index (κ1) is 21.6. The molecule has 0 atom stereocenters. The number of benzene rings is 3. The third-order valence-electron chi connectivity index (χ3n) is 4.64. The molecule has 0 fully saturated rings. The SMILES string of the molecule is Cc1cc(C(=O)Nc2cccc(S(=O)(=O)Nc3ccccc3Cl)c2)nn1-c1ccccc1. The van der Waals surface area contributed by atoms with Crippen LogP contribution < -0.4 is 10.0 Å². The Kier molecular flexibility index (Phi) is 5.98. The fourth-order valence-electron chi connectivity index (χ4n) is 3.10. The number of nitrogens with one attached hydrogen (secondary N) is 2. The van der Waals surface area contributed by atoms with Crippen LogP contribution in [0.15, 0.2) is 89.8 Å². The third kappa shape index (κ3) is 4.66. The molecule has 0 spiro atoms. The van der Waals surface area contributed by atoms with Crippen molar-refractivity contribution in [1.82, 2.24) is 9.78 Å². The summed E-state index contributed by atoms with van der Waals surface area (Å²) in [5.41, 5.74) is 2.44. The van der Waals surface area contributed by atoms with Gasteiger partial charge in [-0.1, -0.05) is 48.0 Å². The standard InChI is InChI=1S/C23H19ClN4O3S/c1-16-14-22(26-28(16)18-9-3-2-4-10-18)23(29)25-17-8-7-11-19(15-17)32(30,31)27-21-13-6-5-12-20(21)24/h2-15,27H,1H3,(H,25,29). The summed E-state index contributed by atoms with van der Waals surface area (Å²) >= 11 is 6.05. The van der Waals surface area contributed by atoms with E-state index < -0.39 is 15.9 Å². The van der Waals surface area contributed by atoms with Crippen molar-refractivity contribution in [3.8, 4) is 5.69 Å². The molecular formula is C23H19ClN4O3S. The number of para-hydroxylation sites is 2. The van der Waals surface area contributed by atoms with Crippen LogP contribution in [0.25, 0.3) is 5.69 Å². The number of aromatic nitrogens is 2. The molecule has 162 valence electrons. The van der Waals surface area contributed by atoms with Crippen LogP contribution in [-0.4, -0.2) is 24.1 Å². The Balaban J connectivity index is 1.54. The summed E-state index contributed by atoms with van der Waals surface area (Å²) in [6.07, 6.45) is 0. The lowest BCUT2D eigenvalue weighted by molar-refractivity contribution is 0.102. The van der Waals surface area contributed by atoms with Crippen molar-refractivity contribution in [1.29, 1.82) is 0 Å². The molecule has 7 nitrogen and oxygen atoms in total. The molecule has 4 aromatic rings. The average Bonchev–Trinajstić information content (AvgIpc) is 3.18. The van der Waals surface area contributed by atoms with E-state index in [4.69, 9.17) is 11.6 Å². The van der Waals surface area contributed by atoms with Crippen LogP contribution in [0.4, 0.5) is 11.4 Å². The minimum atomic E-state index is -3.90. The Morgan fingerprint density at radius 1 is 0.938 bits per heavy atom. The van der Waals surface area contributed by atoms with E-state index in [9.17, 15) is 13.2 Å². The summed E-state index contributed by atoms with van der Waals surface area (Å²) < 4.78 is 29.7. The van der Waals surface area contributed by atoms with Crippen molar-refractivity contribution in [3.05, 3.63) is 101 Å². The molecule has 2 N–H and O–H groups in total. The molecule has 0 unspecified atom stereocenters. The van der Waals surface area contributed by atoms with Crippen molar-refractivity contribution < 1.29 is 13.2 Å². The van der Waals surface area contributed by atoms with E-state index in [0.29, 0.717) is 5.69 Å². The number of amides is 1. The molecule has 9 heteroatoms. The van der Waals surface area contributed by atoms with E-state index in [-0.39, 0.29) is 21.3 Å². The van der Waals surface area contributed by atoms with Crippen LogP contribution >= 0.6 is 11.6 Å². The van der Waals surface area contributed by atoms with Gasteiger partial charge in [-0.2, -0.15) is 5.10 Å². The topological polar surface area (TPSA) is 93.1 Å². The largest absolute Gasteiger partial charge is 0.321 e. The van der Waals surface area contributed by atoms with Gasteiger partial charge in [0, 0.05) is 11.4 Å². The second-order valence-corrected chi connectivity index (χ2v) is 9.08. The fraction of sp³-hybridized carbons (Fsp3) is 0.0435. The highest BCUT2D eigenvalue weighted by Gasteiger charge is 2.18. The van der Waals surface area contributed by atoms with Gasteiger partial charge in [0.25, 0.3) is 15.9 Å². The highest BCUT2D eigenvalue weighted by atomic mass is 35.5. The zero-order chi connectivity index (χ0) is 22.7. The van der Waals surface area contributed by atoms with Crippen molar-refractivity contribution in [3.63, 3.8) is 0 Å². The van der Waals surface area contributed by atoms with Crippen LogP contribution in [0, 0.1) is 6.92 Å². The maximum Gasteiger partial charge on any atom is 0.276 e. The van der Waals surface area contributed by atoms with Gasteiger partial charge in [-0.05, 0) is 55.5 Å². The van der Waals surface area contributed by atoms with E-state index in [0.717, 1.165) is 11.4 Å². The molecular weight excluding hydrogens is 448 g/mol. The molecule has 0 aliphatic heterocycles. The number of carbonyl (C=O) groups excluding carboxylic acids is 1. The van der Waals surface area contributed by atoms with Gasteiger partial charge in [0.15, 0.2) is 5.69 Å². The van der Waals surface area contributed by atoms with Crippen molar-refractivity contribution in [2.24, 2.45) is 0 Å². The van der Waals surface area contributed by atoms with E-state index in [2.05, 4.69) is 15.1 Å². The fourth-order valence-corrected chi connectivity index (χ4v) is 4.46. The van der Waals surface area contributed by atoms with E-state index in [1.54, 1.807) is 47.1 Å². The zero-order valence-corrected chi connectivity index (χ0v) is 18.6. The van der Waals surface area contributed by atoms with E-state index in [1.807, 2.05) is 37.3 Å². The predicted octanol–water partition coefficient (Wildman–Crippen LogP) is 4.89. The summed E-state index contributed by atoms with van der Waals surface area (Å²) in [5.74, 6) is -0.448. The van der Waals surface area contributed by atoms with E-state index in [1.165, 1.54) is 12.1 Å². The van der Waals surface area contributed by atoms with Gasteiger partial charge in [-0.3, -0.25) is 9.52 Å². The molecule has 0 bridgehead atoms. The van der Waals surface area contributed by atoms with E-state index >= 15 is 0 Å². The summed E-state index contributed by atoms with van der Waals surface area (Å²) in [6.45, 7) is 1.85.